The molecule has 0 aliphatic rings. The van der Waals surface area contributed by atoms with Crippen molar-refractivity contribution in [2.45, 2.75) is 30.7 Å². The van der Waals surface area contributed by atoms with Crippen molar-refractivity contribution in [1.82, 2.24) is 0 Å². The summed E-state index contributed by atoms with van der Waals surface area (Å²) in [6.07, 6.45) is 0. The molecule has 0 amide bonds. The van der Waals surface area contributed by atoms with Gasteiger partial charge >= 0.3 is 16.3 Å². The molecule has 0 saturated carbocycles. The van der Waals surface area contributed by atoms with Crippen LogP contribution in [0.1, 0.15) is 20.8 Å². The Balaban J connectivity index is 4.60. The van der Waals surface area contributed by atoms with E-state index >= 15 is 0 Å². The van der Waals surface area contributed by atoms with Gasteiger partial charge in [0.05, 0.1) is 7.11 Å². The molecule has 0 bridgehead atoms. The second-order valence-corrected chi connectivity index (χ2v) is 4.90. The maximum Gasteiger partial charge on any atom is 0.355 e. The van der Waals surface area contributed by atoms with Crippen LogP contribution < -0.4 is 0 Å². The van der Waals surface area contributed by atoms with Gasteiger partial charge < -0.3 is 9.47 Å². The van der Waals surface area contributed by atoms with Gasteiger partial charge in [-0.15, -0.1) is 0 Å². The van der Waals surface area contributed by atoms with Crippen molar-refractivity contribution in [2.75, 3.05) is 7.11 Å². The van der Waals surface area contributed by atoms with Gasteiger partial charge in [0.2, 0.25) is 0 Å². The number of hydrogen-bond acceptors (Lipinski definition) is 4. The van der Waals surface area contributed by atoms with E-state index in [1.165, 1.54) is 0 Å². The molecule has 0 rings (SSSR count). The molecule has 4 nitrogen and oxygen atoms in total. The minimum atomic E-state index is -2.30. The van der Waals surface area contributed by atoms with Crippen LogP contribution in [0.3, 0.4) is 0 Å². The highest BCUT2D eigenvalue weighted by atomic mass is 35.5. The molecule has 0 spiro atoms. The molecule has 0 heterocycles. The first-order chi connectivity index (χ1) is 6.11. The van der Waals surface area contributed by atoms with Gasteiger partial charge in [-0.3, -0.25) is 0 Å². The third-order valence-corrected chi connectivity index (χ3v) is 1.71. The molecule has 0 N–H and O–H groups in total. The fourth-order valence-electron chi connectivity index (χ4n) is 0.554. The first kappa shape index (κ1) is 13.5. The Morgan fingerprint density at radius 1 is 1.07 bits per heavy atom. The Labute approximate surface area is 92.5 Å². The van der Waals surface area contributed by atoms with Crippen LogP contribution in [0.4, 0.5) is 0 Å². The first-order valence-corrected chi connectivity index (χ1v) is 4.56. The van der Waals surface area contributed by atoms with Crippen LogP contribution in [0, 0.1) is 0 Å². The van der Waals surface area contributed by atoms with E-state index in [-0.39, 0.29) is 0 Å². The number of ether oxygens (including phenoxy) is 2. The Bertz CT molecular complexity index is 242. The normalized spacial score (nSPS) is 12.1. The van der Waals surface area contributed by atoms with Crippen molar-refractivity contribution >= 4 is 35.1 Å². The molecule has 14 heavy (non-hydrogen) atoms. The number of halogens is 2. The zero-order chi connectivity index (χ0) is 11.6. The Kier molecular flexibility index (Phi) is 4.21. The minimum Gasteiger partial charge on any atom is -0.466 e. The number of hydrogen-bond donors (Lipinski definition) is 0. The van der Waals surface area contributed by atoms with E-state index in [9.17, 15) is 9.59 Å². The lowest BCUT2D eigenvalue weighted by Gasteiger charge is -2.23. The van der Waals surface area contributed by atoms with E-state index in [1.54, 1.807) is 20.8 Å². The average molecular weight is 243 g/mol. The summed E-state index contributed by atoms with van der Waals surface area (Å²) >= 11 is 10.9. The summed E-state index contributed by atoms with van der Waals surface area (Å²) in [5, 5.41) is 0. The molecular weight excluding hydrogens is 231 g/mol. The smallest absolute Gasteiger partial charge is 0.355 e. The van der Waals surface area contributed by atoms with Crippen molar-refractivity contribution < 1.29 is 19.1 Å². The van der Waals surface area contributed by atoms with Crippen molar-refractivity contribution in [2.24, 2.45) is 0 Å². The number of methoxy groups -OCH3 is 1. The Morgan fingerprint density at radius 2 is 1.50 bits per heavy atom. The van der Waals surface area contributed by atoms with Gasteiger partial charge in [-0.05, 0) is 20.8 Å². The highest BCUT2D eigenvalue weighted by Gasteiger charge is 2.46. The Morgan fingerprint density at radius 3 is 1.79 bits per heavy atom. The van der Waals surface area contributed by atoms with Crippen LogP contribution in [0.15, 0.2) is 0 Å². The fourth-order valence-corrected chi connectivity index (χ4v) is 0.785. The predicted octanol–water partition coefficient (Wildman–Crippen LogP) is 1.67. The van der Waals surface area contributed by atoms with Crippen LogP contribution in [0.2, 0.25) is 0 Å². The number of esters is 2. The number of rotatable bonds is 2. The molecule has 82 valence electrons. The number of carbonyl (C=O) groups excluding carboxylic acids is 2. The van der Waals surface area contributed by atoms with E-state index in [4.69, 9.17) is 27.9 Å². The molecule has 0 aliphatic heterocycles. The maximum absolute atomic E-state index is 11.3. The molecule has 0 atom stereocenters. The minimum absolute atomic E-state index is 0.764. The van der Waals surface area contributed by atoms with Gasteiger partial charge in [-0.1, -0.05) is 23.2 Å². The van der Waals surface area contributed by atoms with Crippen LogP contribution in [0.25, 0.3) is 0 Å². The van der Waals surface area contributed by atoms with E-state index in [2.05, 4.69) is 4.74 Å². The Hall–Kier alpha value is -0.480. The lowest BCUT2D eigenvalue weighted by Crippen LogP contribution is -2.41. The van der Waals surface area contributed by atoms with Crippen LogP contribution >= 0.6 is 23.2 Å². The standard InChI is InChI=1S/C8H12Cl2O4/c1-7(2,3)14-6(12)8(9,10)5(11)13-4/h1-4H3. The highest BCUT2D eigenvalue weighted by Crippen LogP contribution is 2.26. The van der Waals surface area contributed by atoms with Crippen molar-refractivity contribution in [1.29, 1.82) is 0 Å². The molecule has 0 aliphatic carbocycles. The van der Waals surface area contributed by atoms with E-state index < -0.39 is 21.9 Å². The van der Waals surface area contributed by atoms with E-state index in [0.717, 1.165) is 7.11 Å². The quantitative estimate of drug-likeness (QED) is 0.420. The van der Waals surface area contributed by atoms with Gasteiger partial charge in [-0.2, -0.15) is 0 Å². The summed E-state index contributed by atoms with van der Waals surface area (Å²) in [6.45, 7) is 4.89. The van der Waals surface area contributed by atoms with Gasteiger partial charge in [0.1, 0.15) is 5.60 Å². The van der Waals surface area contributed by atoms with Crippen molar-refractivity contribution in [3.63, 3.8) is 0 Å². The lowest BCUT2D eigenvalue weighted by atomic mass is 10.2. The summed E-state index contributed by atoms with van der Waals surface area (Å²) < 4.78 is 6.77. The molecule has 0 aromatic rings. The average Bonchev–Trinajstić information content (AvgIpc) is 1.99. The SMILES string of the molecule is COC(=O)C(Cl)(Cl)C(=O)OC(C)(C)C. The van der Waals surface area contributed by atoms with Crippen LogP contribution in [0.5, 0.6) is 0 Å². The zero-order valence-electron chi connectivity index (χ0n) is 8.39. The second-order valence-electron chi connectivity index (χ2n) is 3.57. The van der Waals surface area contributed by atoms with Crippen LogP contribution in [-0.2, 0) is 19.1 Å². The van der Waals surface area contributed by atoms with E-state index in [1.807, 2.05) is 0 Å². The second kappa shape index (κ2) is 4.36. The fraction of sp³-hybridized carbons (Fsp3) is 0.750. The molecule has 0 aromatic carbocycles. The number of carbonyl (C=O) groups is 2. The first-order valence-electron chi connectivity index (χ1n) is 3.81. The third kappa shape index (κ3) is 3.72. The van der Waals surface area contributed by atoms with Gasteiger partial charge in [0.25, 0.3) is 0 Å². The van der Waals surface area contributed by atoms with Crippen molar-refractivity contribution in [3.8, 4) is 0 Å². The van der Waals surface area contributed by atoms with Crippen LogP contribution in [-0.4, -0.2) is 29.0 Å². The molecular formula is C8H12Cl2O4. The third-order valence-electron chi connectivity index (χ3n) is 1.10. The highest BCUT2D eigenvalue weighted by molar-refractivity contribution is 6.66. The molecule has 0 unspecified atom stereocenters. The topological polar surface area (TPSA) is 52.6 Å². The van der Waals surface area contributed by atoms with Crippen molar-refractivity contribution in [3.05, 3.63) is 0 Å². The maximum atomic E-state index is 11.3. The van der Waals surface area contributed by atoms with Gasteiger partial charge in [0.15, 0.2) is 0 Å². The summed E-state index contributed by atoms with van der Waals surface area (Å²) in [7, 11) is 1.08. The summed E-state index contributed by atoms with van der Waals surface area (Å²) in [6, 6.07) is 0. The summed E-state index contributed by atoms with van der Waals surface area (Å²) in [4.78, 5) is 22.3. The summed E-state index contributed by atoms with van der Waals surface area (Å²) in [5.74, 6) is -2.10. The monoisotopic (exact) mass is 242 g/mol. The predicted molar refractivity (Wildman–Crippen MR) is 52.3 cm³/mol. The molecule has 0 radical (unpaired) electrons. The molecule has 0 fully saturated rings. The lowest BCUT2D eigenvalue weighted by molar-refractivity contribution is -0.161. The summed E-state index contributed by atoms with van der Waals surface area (Å²) in [5.41, 5.74) is -0.764. The van der Waals surface area contributed by atoms with Gasteiger partial charge in [-0.25, -0.2) is 9.59 Å². The number of alkyl halides is 2. The molecule has 0 aromatic heterocycles. The largest absolute Gasteiger partial charge is 0.466 e. The molecule has 0 saturated heterocycles. The zero-order valence-corrected chi connectivity index (χ0v) is 9.90. The van der Waals surface area contributed by atoms with Gasteiger partial charge in [0, 0.05) is 0 Å². The molecule has 6 heteroatoms. The van der Waals surface area contributed by atoms with E-state index in [0.29, 0.717) is 0 Å².